The van der Waals surface area contributed by atoms with Crippen LogP contribution in [0.3, 0.4) is 0 Å². The van der Waals surface area contributed by atoms with Crippen molar-refractivity contribution < 1.29 is 9.53 Å². The molecule has 0 aliphatic carbocycles. The minimum Gasteiger partial charge on any atom is -0.378 e. The first-order valence-electron chi connectivity index (χ1n) is 6.20. The van der Waals surface area contributed by atoms with Crippen molar-refractivity contribution in [3.05, 3.63) is 28.2 Å². The number of H-pyrrole nitrogens is 1. The van der Waals surface area contributed by atoms with Gasteiger partial charge in [-0.1, -0.05) is 0 Å². The summed E-state index contributed by atoms with van der Waals surface area (Å²) in [5.74, 6) is -0.323. The fraction of sp³-hybridized carbons (Fsp3) is 0.538. The fourth-order valence-corrected chi connectivity index (χ4v) is 2.16. The van der Waals surface area contributed by atoms with Crippen molar-refractivity contribution in [2.75, 3.05) is 11.9 Å². The number of aromatic amines is 1. The molecule has 0 aromatic carbocycles. The number of amides is 1. The van der Waals surface area contributed by atoms with Gasteiger partial charge in [-0.2, -0.15) is 0 Å². The Balaban J connectivity index is 2.08. The molecule has 1 aliphatic heterocycles. The van der Waals surface area contributed by atoms with Crippen molar-refractivity contribution in [2.45, 2.75) is 32.8 Å². The summed E-state index contributed by atoms with van der Waals surface area (Å²) < 4.78 is 5.45. The van der Waals surface area contributed by atoms with E-state index >= 15 is 0 Å². The lowest BCUT2D eigenvalue weighted by Crippen LogP contribution is -2.37. The van der Waals surface area contributed by atoms with Gasteiger partial charge in [0.05, 0.1) is 12.0 Å². The molecule has 2 rings (SSSR count). The molecule has 1 aliphatic rings. The zero-order chi connectivity index (χ0) is 13.1. The second-order valence-electron chi connectivity index (χ2n) is 4.70. The maximum absolute atomic E-state index is 12.1. The molecule has 2 atom stereocenters. The molecular weight excluding hydrogens is 232 g/mol. The van der Waals surface area contributed by atoms with Crippen LogP contribution in [0, 0.1) is 12.8 Å². The molecule has 1 aromatic heterocycles. The Hall–Kier alpha value is -1.62. The van der Waals surface area contributed by atoms with Gasteiger partial charge in [0.1, 0.15) is 5.69 Å². The zero-order valence-electron chi connectivity index (χ0n) is 10.7. The smallest absolute Gasteiger partial charge is 0.271 e. The highest BCUT2D eigenvalue weighted by Gasteiger charge is 2.28. The third-order valence-electron chi connectivity index (χ3n) is 3.26. The highest BCUT2D eigenvalue weighted by molar-refractivity contribution is 5.92. The molecule has 0 unspecified atom stereocenters. The number of hydrogen-bond acceptors (Lipinski definition) is 3. The Labute approximate surface area is 106 Å². The molecule has 5 nitrogen and oxygen atoms in total. The molecule has 5 heteroatoms. The van der Waals surface area contributed by atoms with E-state index in [9.17, 15) is 9.59 Å². The molecule has 1 aromatic rings. The van der Waals surface area contributed by atoms with Crippen molar-refractivity contribution in [2.24, 2.45) is 5.92 Å². The van der Waals surface area contributed by atoms with Gasteiger partial charge < -0.3 is 15.0 Å². The third kappa shape index (κ3) is 2.79. The van der Waals surface area contributed by atoms with E-state index in [0.29, 0.717) is 12.3 Å². The first-order valence-corrected chi connectivity index (χ1v) is 6.20. The fourth-order valence-electron chi connectivity index (χ4n) is 2.16. The molecule has 18 heavy (non-hydrogen) atoms. The minimum absolute atomic E-state index is 0.0942. The monoisotopic (exact) mass is 250 g/mol. The molecule has 98 valence electrons. The van der Waals surface area contributed by atoms with E-state index in [0.717, 1.165) is 18.5 Å². The predicted molar refractivity (Wildman–Crippen MR) is 68.6 cm³/mol. The average molecular weight is 250 g/mol. The normalized spacial score (nSPS) is 23.7. The maximum Gasteiger partial charge on any atom is 0.271 e. The molecule has 2 heterocycles. The standard InChI is InChI=1S/C13H18N2O3/c1-8-5-6-11(13(17)14-8)15-12(16)10-4-3-7-18-9(10)2/h5-6,9-10H,3-4,7H2,1-2H3,(H,14,17)(H,15,16)/t9-,10+/m0/s1. The van der Waals surface area contributed by atoms with E-state index in [1.165, 1.54) is 0 Å². The van der Waals surface area contributed by atoms with Gasteiger partial charge in [0.15, 0.2) is 0 Å². The Morgan fingerprint density at radius 2 is 2.28 bits per heavy atom. The van der Waals surface area contributed by atoms with E-state index in [2.05, 4.69) is 10.3 Å². The summed E-state index contributed by atoms with van der Waals surface area (Å²) in [4.78, 5) is 26.4. The molecule has 0 spiro atoms. The maximum atomic E-state index is 12.1. The van der Waals surface area contributed by atoms with E-state index in [1.807, 2.05) is 6.92 Å². The SMILES string of the molecule is Cc1ccc(NC(=O)[C@@H]2CCCO[C@H]2C)c(=O)[nH]1. The highest BCUT2D eigenvalue weighted by atomic mass is 16.5. The van der Waals surface area contributed by atoms with Gasteiger partial charge in [0, 0.05) is 12.3 Å². The number of anilines is 1. The summed E-state index contributed by atoms with van der Waals surface area (Å²) in [5, 5.41) is 2.67. The van der Waals surface area contributed by atoms with Crippen LogP contribution in [0.15, 0.2) is 16.9 Å². The van der Waals surface area contributed by atoms with Crippen LogP contribution in [0.2, 0.25) is 0 Å². The molecule has 0 radical (unpaired) electrons. The molecule has 1 fully saturated rings. The Morgan fingerprint density at radius 1 is 1.50 bits per heavy atom. The number of ether oxygens (including phenoxy) is 1. The quantitative estimate of drug-likeness (QED) is 0.834. The summed E-state index contributed by atoms with van der Waals surface area (Å²) in [6.07, 6.45) is 1.59. The van der Waals surface area contributed by atoms with Crippen molar-refractivity contribution in [3.8, 4) is 0 Å². The summed E-state index contributed by atoms with van der Waals surface area (Å²) in [7, 11) is 0. The molecule has 0 saturated carbocycles. The van der Waals surface area contributed by atoms with Crippen molar-refractivity contribution in [3.63, 3.8) is 0 Å². The lowest BCUT2D eigenvalue weighted by Gasteiger charge is -2.27. The van der Waals surface area contributed by atoms with Crippen LogP contribution in [-0.2, 0) is 9.53 Å². The lowest BCUT2D eigenvalue weighted by molar-refractivity contribution is -0.127. The van der Waals surface area contributed by atoms with E-state index in [1.54, 1.807) is 19.1 Å². The van der Waals surface area contributed by atoms with Crippen LogP contribution in [0.1, 0.15) is 25.5 Å². The summed E-state index contributed by atoms with van der Waals surface area (Å²) in [5.41, 5.74) is 0.795. The van der Waals surface area contributed by atoms with E-state index < -0.39 is 0 Å². The van der Waals surface area contributed by atoms with Gasteiger partial charge in [-0.05, 0) is 38.8 Å². The largest absolute Gasteiger partial charge is 0.378 e. The third-order valence-corrected chi connectivity index (χ3v) is 3.26. The molecule has 2 N–H and O–H groups in total. The highest BCUT2D eigenvalue weighted by Crippen LogP contribution is 2.21. The number of aryl methyl sites for hydroxylation is 1. The second-order valence-corrected chi connectivity index (χ2v) is 4.70. The van der Waals surface area contributed by atoms with Crippen molar-refractivity contribution >= 4 is 11.6 Å². The Morgan fingerprint density at radius 3 is 2.94 bits per heavy atom. The van der Waals surface area contributed by atoms with Gasteiger partial charge in [-0.25, -0.2) is 0 Å². The summed E-state index contributed by atoms with van der Waals surface area (Å²) >= 11 is 0. The van der Waals surface area contributed by atoms with Gasteiger partial charge in [-0.3, -0.25) is 9.59 Å². The number of carbonyl (C=O) groups excluding carboxylic acids is 1. The minimum atomic E-state index is -0.271. The van der Waals surface area contributed by atoms with Crippen molar-refractivity contribution in [1.82, 2.24) is 4.98 Å². The van der Waals surface area contributed by atoms with Crippen LogP contribution in [0.4, 0.5) is 5.69 Å². The molecule has 1 saturated heterocycles. The topological polar surface area (TPSA) is 71.2 Å². The first kappa shape index (κ1) is 12.8. The Bertz CT molecular complexity index is 495. The summed E-state index contributed by atoms with van der Waals surface area (Å²) in [6, 6.07) is 3.39. The van der Waals surface area contributed by atoms with Crippen LogP contribution in [-0.4, -0.2) is 23.6 Å². The predicted octanol–water partition coefficient (Wildman–Crippen LogP) is 1.44. The second kappa shape index (κ2) is 5.35. The van der Waals surface area contributed by atoms with Crippen LogP contribution < -0.4 is 10.9 Å². The lowest BCUT2D eigenvalue weighted by atomic mass is 9.94. The molecular formula is C13H18N2O3. The number of rotatable bonds is 2. The number of aromatic nitrogens is 1. The molecule has 0 bridgehead atoms. The number of nitrogens with one attached hydrogen (secondary N) is 2. The van der Waals surface area contributed by atoms with Gasteiger partial charge in [0.2, 0.25) is 5.91 Å². The van der Waals surface area contributed by atoms with Gasteiger partial charge >= 0.3 is 0 Å². The first-order chi connectivity index (χ1) is 8.58. The van der Waals surface area contributed by atoms with E-state index in [4.69, 9.17) is 4.74 Å². The van der Waals surface area contributed by atoms with Gasteiger partial charge in [0.25, 0.3) is 5.56 Å². The van der Waals surface area contributed by atoms with Crippen molar-refractivity contribution in [1.29, 1.82) is 0 Å². The number of carbonyl (C=O) groups is 1. The molecule has 1 amide bonds. The van der Waals surface area contributed by atoms with E-state index in [-0.39, 0.29) is 23.5 Å². The number of hydrogen-bond donors (Lipinski definition) is 2. The summed E-state index contributed by atoms with van der Waals surface area (Å²) in [6.45, 7) is 4.39. The average Bonchev–Trinajstić information content (AvgIpc) is 2.33. The van der Waals surface area contributed by atoms with Crippen LogP contribution in [0.25, 0.3) is 0 Å². The van der Waals surface area contributed by atoms with Crippen LogP contribution in [0.5, 0.6) is 0 Å². The Kier molecular flexibility index (Phi) is 3.81. The van der Waals surface area contributed by atoms with Crippen LogP contribution >= 0.6 is 0 Å². The zero-order valence-corrected chi connectivity index (χ0v) is 10.7. The van der Waals surface area contributed by atoms with Gasteiger partial charge in [-0.15, -0.1) is 0 Å². The number of pyridine rings is 1.